The second kappa shape index (κ2) is 8.66. The molecule has 0 saturated heterocycles. The van der Waals surface area contributed by atoms with Crippen LogP contribution in [0.25, 0.3) is 11.6 Å². The molecule has 4 rings (SSSR count). The Hall–Kier alpha value is -2.85. The smallest absolute Gasteiger partial charge is 0.161 e. The maximum atomic E-state index is 5.56. The summed E-state index contributed by atoms with van der Waals surface area (Å²) in [6, 6.07) is 22.8. The van der Waals surface area contributed by atoms with E-state index in [1.54, 1.807) is 14.2 Å². The van der Waals surface area contributed by atoms with Gasteiger partial charge in [0.2, 0.25) is 0 Å². The molecular weight excluding hydrogens is 426 g/mol. The molecule has 0 radical (unpaired) electrons. The Morgan fingerprint density at radius 3 is 2.41 bits per heavy atom. The fraction of sp³-hybridized carbons (Fsp3) is 0.160. The van der Waals surface area contributed by atoms with Gasteiger partial charge in [-0.2, -0.15) is 0 Å². The van der Waals surface area contributed by atoms with E-state index in [1.807, 2.05) is 24.3 Å². The van der Waals surface area contributed by atoms with Crippen molar-refractivity contribution in [2.24, 2.45) is 4.99 Å². The van der Waals surface area contributed by atoms with Gasteiger partial charge in [0.1, 0.15) is 0 Å². The van der Waals surface area contributed by atoms with Gasteiger partial charge in [-0.1, -0.05) is 58.4 Å². The quantitative estimate of drug-likeness (QED) is 0.445. The standard InChI is InChI=1S/C25H22BrNO2/c1-28-23-15-19-11-12-27-25(22(19)16-24(23)29-2)21(18-8-4-3-5-9-18)14-17-7-6-10-20(26)13-17/h3-10,13-16H,11-12H2,1-2H3/b21-14-. The van der Waals surface area contributed by atoms with Crippen LogP contribution in [-0.2, 0) is 6.42 Å². The first-order chi connectivity index (χ1) is 14.2. The molecule has 0 spiro atoms. The van der Waals surface area contributed by atoms with Gasteiger partial charge in [-0.15, -0.1) is 0 Å². The van der Waals surface area contributed by atoms with Gasteiger partial charge in [0.25, 0.3) is 0 Å². The molecule has 0 fully saturated rings. The lowest BCUT2D eigenvalue weighted by Gasteiger charge is -2.22. The molecule has 0 amide bonds. The fourth-order valence-electron chi connectivity index (χ4n) is 3.62. The molecule has 3 aromatic carbocycles. The average Bonchev–Trinajstić information content (AvgIpc) is 2.77. The summed E-state index contributed by atoms with van der Waals surface area (Å²) in [7, 11) is 3.34. The fourth-order valence-corrected chi connectivity index (χ4v) is 4.04. The molecule has 1 aliphatic rings. The van der Waals surface area contributed by atoms with Crippen LogP contribution in [-0.4, -0.2) is 26.5 Å². The average molecular weight is 448 g/mol. The van der Waals surface area contributed by atoms with Gasteiger partial charge in [0.15, 0.2) is 11.5 Å². The largest absolute Gasteiger partial charge is 0.493 e. The van der Waals surface area contributed by atoms with Crippen molar-refractivity contribution in [2.45, 2.75) is 6.42 Å². The summed E-state index contributed by atoms with van der Waals surface area (Å²) in [5, 5.41) is 0. The van der Waals surface area contributed by atoms with Gasteiger partial charge in [0, 0.05) is 22.2 Å². The van der Waals surface area contributed by atoms with Crippen molar-refractivity contribution in [3.8, 4) is 11.5 Å². The van der Waals surface area contributed by atoms with Crippen LogP contribution in [0.4, 0.5) is 0 Å². The van der Waals surface area contributed by atoms with E-state index in [9.17, 15) is 0 Å². The molecule has 1 heterocycles. The summed E-state index contributed by atoms with van der Waals surface area (Å²) in [4.78, 5) is 4.94. The number of hydrogen-bond acceptors (Lipinski definition) is 3. The number of nitrogens with zero attached hydrogens (tertiary/aromatic N) is 1. The van der Waals surface area contributed by atoms with E-state index < -0.39 is 0 Å². The van der Waals surface area contributed by atoms with Crippen molar-refractivity contribution < 1.29 is 9.47 Å². The first-order valence-corrected chi connectivity index (χ1v) is 10.3. The van der Waals surface area contributed by atoms with E-state index in [0.717, 1.165) is 56.9 Å². The van der Waals surface area contributed by atoms with Gasteiger partial charge in [-0.05, 0) is 53.5 Å². The number of benzene rings is 3. The molecule has 0 aliphatic carbocycles. The Bertz CT molecular complexity index is 1090. The van der Waals surface area contributed by atoms with Gasteiger partial charge < -0.3 is 9.47 Å². The maximum absolute atomic E-state index is 5.56. The van der Waals surface area contributed by atoms with Crippen molar-refractivity contribution >= 4 is 33.3 Å². The van der Waals surface area contributed by atoms with Crippen molar-refractivity contribution in [3.63, 3.8) is 0 Å². The molecule has 0 unspecified atom stereocenters. The number of allylic oxidation sites excluding steroid dienone is 1. The van der Waals surface area contributed by atoms with E-state index >= 15 is 0 Å². The highest BCUT2D eigenvalue weighted by Gasteiger charge is 2.22. The SMILES string of the molecule is COc1cc2c(cc1OC)C(/C(=C\c1cccc(Br)c1)c1ccccc1)=NCC2. The molecule has 29 heavy (non-hydrogen) atoms. The van der Waals surface area contributed by atoms with Gasteiger partial charge in [-0.25, -0.2) is 0 Å². The molecule has 4 heteroatoms. The topological polar surface area (TPSA) is 30.8 Å². The minimum atomic E-state index is 0.718. The predicted molar refractivity (Wildman–Crippen MR) is 123 cm³/mol. The molecule has 0 aromatic heterocycles. The molecule has 146 valence electrons. The normalized spacial score (nSPS) is 13.5. The highest BCUT2D eigenvalue weighted by atomic mass is 79.9. The highest BCUT2D eigenvalue weighted by molar-refractivity contribution is 9.10. The summed E-state index contributed by atoms with van der Waals surface area (Å²) >= 11 is 3.57. The summed E-state index contributed by atoms with van der Waals surface area (Å²) in [5.74, 6) is 1.47. The van der Waals surface area contributed by atoms with E-state index in [4.69, 9.17) is 14.5 Å². The van der Waals surface area contributed by atoms with Gasteiger partial charge in [-0.3, -0.25) is 4.99 Å². The lowest BCUT2D eigenvalue weighted by Crippen LogP contribution is -2.15. The van der Waals surface area contributed by atoms with Crippen LogP contribution < -0.4 is 9.47 Å². The predicted octanol–water partition coefficient (Wildman–Crippen LogP) is 6.05. The maximum Gasteiger partial charge on any atom is 0.161 e. The number of halogens is 1. The van der Waals surface area contributed by atoms with Crippen molar-refractivity contribution in [1.29, 1.82) is 0 Å². The number of rotatable bonds is 5. The Morgan fingerprint density at radius 2 is 1.69 bits per heavy atom. The Morgan fingerprint density at radius 1 is 0.931 bits per heavy atom. The first-order valence-electron chi connectivity index (χ1n) is 9.52. The van der Waals surface area contributed by atoms with Crippen LogP contribution in [0.15, 0.2) is 76.2 Å². The zero-order valence-electron chi connectivity index (χ0n) is 16.5. The van der Waals surface area contributed by atoms with Gasteiger partial charge >= 0.3 is 0 Å². The van der Waals surface area contributed by atoms with Gasteiger partial charge in [0.05, 0.1) is 19.9 Å². The number of hydrogen-bond donors (Lipinski definition) is 0. The van der Waals surface area contributed by atoms with Crippen LogP contribution in [0.3, 0.4) is 0 Å². The van der Waals surface area contributed by atoms with Crippen LogP contribution in [0.1, 0.15) is 22.3 Å². The third kappa shape index (κ3) is 4.13. The second-order valence-electron chi connectivity index (χ2n) is 6.82. The molecule has 3 nitrogen and oxygen atoms in total. The minimum absolute atomic E-state index is 0.718. The monoisotopic (exact) mass is 447 g/mol. The number of aliphatic imine (C=N–C) groups is 1. The zero-order chi connectivity index (χ0) is 20.2. The summed E-state index contributed by atoms with van der Waals surface area (Å²) < 4.78 is 12.1. The van der Waals surface area contributed by atoms with Crippen molar-refractivity contribution in [3.05, 3.63) is 93.5 Å². The molecule has 0 N–H and O–H groups in total. The molecule has 0 saturated carbocycles. The highest BCUT2D eigenvalue weighted by Crippen LogP contribution is 2.35. The molecule has 3 aromatic rings. The first kappa shape index (κ1) is 19.5. The van der Waals surface area contributed by atoms with Crippen LogP contribution in [0.5, 0.6) is 11.5 Å². The van der Waals surface area contributed by atoms with E-state index in [-0.39, 0.29) is 0 Å². The summed E-state index contributed by atoms with van der Waals surface area (Å²) in [6.45, 7) is 0.750. The lowest BCUT2D eigenvalue weighted by molar-refractivity contribution is 0.354. The van der Waals surface area contributed by atoms with Crippen molar-refractivity contribution in [2.75, 3.05) is 20.8 Å². The number of methoxy groups -OCH3 is 2. The minimum Gasteiger partial charge on any atom is -0.493 e. The lowest BCUT2D eigenvalue weighted by atomic mass is 9.88. The zero-order valence-corrected chi connectivity index (χ0v) is 18.1. The van der Waals surface area contributed by atoms with E-state index in [1.165, 1.54) is 5.56 Å². The van der Waals surface area contributed by atoms with E-state index in [0.29, 0.717) is 0 Å². The Kier molecular flexibility index (Phi) is 5.81. The number of fused-ring (bicyclic) bond motifs is 1. The van der Waals surface area contributed by atoms with E-state index in [2.05, 4.69) is 64.5 Å². The Labute approximate surface area is 179 Å². The molecule has 0 atom stereocenters. The summed E-state index contributed by atoms with van der Waals surface area (Å²) in [6.07, 6.45) is 3.09. The summed E-state index contributed by atoms with van der Waals surface area (Å²) in [5.41, 5.74) is 6.65. The second-order valence-corrected chi connectivity index (χ2v) is 7.74. The van der Waals surface area contributed by atoms with Crippen LogP contribution >= 0.6 is 15.9 Å². The van der Waals surface area contributed by atoms with Crippen LogP contribution in [0, 0.1) is 0 Å². The Balaban J connectivity index is 1.90. The van der Waals surface area contributed by atoms with Crippen LogP contribution in [0.2, 0.25) is 0 Å². The van der Waals surface area contributed by atoms with Crippen molar-refractivity contribution in [1.82, 2.24) is 0 Å². The number of ether oxygens (including phenoxy) is 2. The molecule has 0 bridgehead atoms. The molecular formula is C25H22BrNO2. The third-order valence-corrected chi connectivity index (χ3v) is 5.51. The third-order valence-electron chi connectivity index (χ3n) is 5.02. The molecule has 1 aliphatic heterocycles.